The number of para-hydroxylation sites is 3. The van der Waals surface area contributed by atoms with Gasteiger partial charge in [0.1, 0.15) is 0 Å². The molecule has 0 N–H and O–H groups in total. The second-order valence-electron chi connectivity index (χ2n) is 11.9. The molecule has 0 bridgehead atoms. The van der Waals surface area contributed by atoms with Gasteiger partial charge < -0.3 is 9.13 Å². The van der Waals surface area contributed by atoms with Crippen LogP contribution in [-0.4, -0.2) is 9.13 Å². The van der Waals surface area contributed by atoms with Gasteiger partial charge in [-0.15, -0.1) is 0 Å². The summed E-state index contributed by atoms with van der Waals surface area (Å²) in [7, 11) is -0.696. The minimum atomic E-state index is -0.696. The summed E-state index contributed by atoms with van der Waals surface area (Å²) in [6.07, 6.45) is 3.28. The van der Waals surface area contributed by atoms with Crippen molar-refractivity contribution >= 4 is 67.4 Å². The monoisotopic (exact) mass is 646 g/mol. The second kappa shape index (κ2) is 13.3. The highest BCUT2D eigenvalue weighted by molar-refractivity contribution is 7.79. The van der Waals surface area contributed by atoms with Gasteiger partial charge in [0.15, 0.2) is 0 Å². The maximum atomic E-state index is 3.36. The summed E-state index contributed by atoms with van der Waals surface area (Å²) in [6.45, 7) is 6.72. The molecule has 0 saturated carbocycles. The SMILES string of the molecule is C=CC=C.c1ccc(P(c2ccccc2)c2ccc3c(c2)c2ccccc2n3-c2cccc(-n3c4ccccc4c4ccccc43)c2)cc1. The molecule has 49 heavy (non-hydrogen) atoms. The molecule has 2 aromatic heterocycles. The molecule has 0 saturated heterocycles. The van der Waals surface area contributed by atoms with Gasteiger partial charge in [-0.1, -0.05) is 153 Å². The number of hydrogen-bond acceptors (Lipinski definition) is 0. The molecule has 234 valence electrons. The van der Waals surface area contributed by atoms with E-state index in [1.165, 1.54) is 59.5 Å². The van der Waals surface area contributed by atoms with E-state index in [9.17, 15) is 0 Å². The number of fused-ring (bicyclic) bond motifs is 6. The third-order valence-electron chi connectivity index (χ3n) is 9.04. The quantitative estimate of drug-likeness (QED) is 0.126. The van der Waals surface area contributed by atoms with Crippen LogP contribution in [0.5, 0.6) is 0 Å². The van der Waals surface area contributed by atoms with Gasteiger partial charge in [0.05, 0.1) is 22.1 Å². The van der Waals surface area contributed by atoms with Crippen molar-refractivity contribution < 1.29 is 0 Å². The molecular formula is C46H35N2P. The maximum absolute atomic E-state index is 3.36. The Hall–Kier alpha value is -5.95. The molecular weight excluding hydrogens is 611 g/mol. The summed E-state index contributed by atoms with van der Waals surface area (Å²) in [4.78, 5) is 0. The van der Waals surface area contributed by atoms with E-state index in [1.54, 1.807) is 12.2 Å². The Morgan fingerprint density at radius 1 is 0.347 bits per heavy atom. The van der Waals surface area contributed by atoms with Crippen LogP contribution in [0.1, 0.15) is 0 Å². The van der Waals surface area contributed by atoms with E-state index in [-0.39, 0.29) is 0 Å². The smallest absolute Gasteiger partial charge is 0.0541 e. The first-order valence-corrected chi connectivity index (χ1v) is 17.9. The van der Waals surface area contributed by atoms with Gasteiger partial charge >= 0.3 is 0 Å². The number of allylic oxidation sites excluding steroid dienone is 2. The fourth-order valence-electron chi connectivity index (χ4n) is 6.95. The molecule has 0 atom stereocenters. The van der Waals surface area contributed by atoms with Crippen LogP contribution in [0.3, 0.4) is 0 Å². The molecule has 0 aliphatic rings. The van der Waals surface area contributed by atoms with E-state index in [1.807, 2.05) is 0 Å². The molecule has 0 amide bonds. The Morgan fingerprint density at radius 3 is 1.22 bits per heavy atom. The summed E-state index contributed by atoms with van der Waals surface area (Å²) >= 11 is 0. The minimum absolute atomic E-state index is 0.696. The van der Waals surface area contributed by atoms with Gasteiger partial charge in [0.25, 0.3) is 0 Å². The zero-order valence-electron chi connectivity index (χ0n) is 27.2. The van der Waals surface area contributed by atoms with Gasteiger partial charge in [-0.2, -0.15) is 0 Å². The van der Waals surface area contributed by atoms with Crippen molar-refractivity contribution in [3.05, 3.63) is 201 Å². The lowest BCUT2D eigenvalue weighted by atomic mass is 10.1. The number of nitrogens with zero attached hydrogens (tertiary/aromatic N) is 2. The first-order valence-electron chi connectivity index (χ1n) is 16.5. The second-order valence-corrected chi connectivity index (χ2v) is 14.1. The lowest BCUT2D eigenvalue weighted by Gasteiger charge is -2.19. The van der Waals surface area contributed by atoms with Crippen LogP contribution in [0, 0.1) is 0 Å². The normalized spacial score (nSPS) is 11.2. The number of aromatic nitrogens is 2. The Balaban J connectivity index is 0.000000829. The third kappa shape index (κ3) is 5.47. The predicted octanol–water partition coefficient (Wildman–Crippen LogP) is 11.0. The number of hydrogen-bond donors (Lipinski definition) is 0. The van der Waals surface area contributed by atoms with Crippen LogP contribution in [0.15, 0.2) is 201 Å². The first kappa shape index (κ1) is 30.4. The topological polar surface area (TPSA) is 9.86 Å². The molecule has 3 heteroatoms. The Labute approximate surface area is 288 Å². The van der Waals surface area contributed by atoms with Gasteiger partial charge in [-0.25, -0.2) is 0 Å². The minimum Gasteiger partial charge on any atom is -0.309 e. The summed E-state index contributed by atoms with van der Waals surface area (Å²) in [5.74, 6) is 0. The number of rotatable bonds is 6. The number of benzene rings is 7. The summed E-state index contributed by atoms with van der Waals surface area (Å²) in [5.41, 5.74) is 7.18. The van der Waals surface area contributed by atoms with Crippen molar-refractivity contribution in [3.63, 3.8) is 0 Å². The molecule has 2 heterocycles. The van der Waals surface area contributed by atoms with E-state index in [0.717, 1.165) is 11.4 Å². The Bertz CT molecular complexity index is 2490. The van der Waals surface area contributed by atoms with Crippen LogP contribution < -0.4 is 15.9 Å². The maximum Gasteiger partial charge on any atom is 0.0541 e. The van der Waals surface area contributed by atoms with E-state index < -0.39 is 7.92 Å². The molecule has 0 spiro atoms. The zero-order valence-corrected chi connectivity index (χ0v) is 28.0. The van der Waals surface area contributed by atoms with Crippen molar-refractivity contribution in [1.29, 1.82) is 0 Å². The van der Waals surface area contributed by atoms with E-state index in [2.05, 4.69) is 198 Å². The van der Waals surface area contributed by atoms with Crippen LogP contribution in [0.2, 0.25) is 0 Å². The molecule has 2 nitrogen and oxygen atoms in total. The van der Waals surface area contributed by atoms with Crippen LogP contribution >= 0.6 is 7.92 Å². The van der Waals surface area contributed by atoms with Crippen molar-refractivity contribution in [2.24, 2.45) is 0 Å². The molecule has 7 aromatic carbocycles. The van der Waals surface area contributed by atoms with Crippen LogP contribution in [0.25, 0.3) is 55.0 Å². The van der Waals surface area contributed by atoms with Gasteiger partial charge in [0, 0.05) is 32.9 Å². The van der Waals surface area contributed by atoms with Gasteiger partial charge in [-0.3, -0.25) is 0 Å². The highest BCUT2D eigenvalue weighted by Gasteiger charge is 2.20. The van der Waals surface area contributed by atoms with Crippen molar-refractivity contribution in [3.8, 4) is 11.4 Å². The standard InChI is InChI=1S/C42H29N2P.C4H6/c1-3-16-32(17-4-1)45(33-18-5-2-6-19-33)34-26-27-42-38(29-34)37-22-9-12-25-41(37)44(42)31-15-13-14-30(28-31)43-39-23-10-7-20-35(39)36-21-8-11-24-40(36)43;1-3-4-2/h1-29H;3-4H,1-2H2. The van der Waals surface area contributed by atoms with Crippen LogP contribution in [-0.2, 0) is 0 Å². The van der Waals surface area contributed by atoms with Crippen molar-refractivity contribution in [2.45, 2.75) is 0 Å². The average Bonchev–Trinajstić information content (AvgIpc) is 3.69. The molecule has 0 aliphatic carbocycles. The fourth-order valence-corrected chi connectivity index (χ4v) is 9.27. The van der Waals surface area contributed by atoms with Crippen molar-refractivity contribution in [1.82, 2.24) is 9.13 Å². The highest BCUT2D eigenvalue weighted by Crippen LogP contribution is 2.38. The van der Waals surface area contributed by atoms with Crippen LogP contribution in [0.4, 0.5) is 0 Å². The van der Waals surface area contributed by atoms with Gasteiger partial charge in [-0.05, 0) is 72.4 Å². The van der Waals surface area contributed by atoms with Crippen molar-refractivity contribution in [2.75, 3.05) is 0 Å². The zero-order chi connectivity index (χ0) is 33.2. The molecule has 0 unspecified atom stereocenters. The highest BCUT2D eigenvalue weighted by atomic mass is 31.1. The molecule has 0 fully saturated rings. The Morgan fingerprint density at radius 2 is 0.755 bits per heavy atom. The molecule has 0 aliphatic heterocycles. The van der Waals surface area contributed by atoms with Gasteiger partial charge in [0.2, 0.25) is 0 Å². The third-order valence-corrected chi connectivity index (χ3v) is 11.5. The lowest BCUT2D eigenvalue weighted by Crippen LogP contribution is -2.20. The van der Waals surface area contributed by atoms with E-state index >= 15 is 0 Å². The molecule has 0 radical (unpaired) electrons. The average molecular weight is 647 g/mol. The first-order chi connectivity index (χ1) is 24.3. The van der Waals surface area contributed by atoms with E-state index in [0.29, 0.717) is 0 Å². The predicted molar refractivity (Wildman–Crippen MR) is 214 cm³/mol. The summed E-state index contributed by atoms with van der Waals surface area (Å²) < 4.78 is 4.83. The lowest BCUT2D eigenvalue weighted by molar-refractivity contribution is 1.13. The molecule has 9 rings (SSSR count). The largest absolute Gasteiger partial charge is 0.309 e. The Kier molecular flexibility index (Phi) is 8.23. The summed E-state index contributed by atoms with van der Waals surface area (Å²) in [5, 5.41) is 9.18. The fraction of sp³-hybridized carbons (Fsp3) is 0. The summed E-state index contributed by atoms with van der Waals surface area (Å²) in [6, 6.07) is 64.2. The van der Waals surface area contributed by atoms with E-state index in [4.69, 9.17) is 0 Å². The molecule has 9 aromatic rings.